The molecule has 0 saturated carbocycles. The molecule has 0 bridgehead atoms. The average Bonchev–Trinajstić information content (AvgIpc) is 2.66. The first-order valence-corrected chi connectivity index (χ1v) is 6.01. The summed E-state index contributed by atoms with van der Waals surface area (Å²) in [5, 5.41) is 3.86. The second-order valence-corrected chi connectivity index (χ2v) is 4.27. The maximum absolute atomic E-state index is 11.5. The number of ether oxygens (including phenoxy) is 1. The molecule has 1 unspecified atom stereocenters. The number of nitrogens with zero attached hydrogens (tertiary/aromatic N) is 1. The minimum absolute atomic E-state index is 0.00134. The van der Waals surface area contributed by atoms with Gasteiger partial charge in [-0.2, -0.15) is 0 Å². The van der Waals surface area contributed by atoms with Crippen LogP contribution in [0.25, 0.3) is 0 Å². The molecular weight excluding hydrogens is 248 g/mol. The Balaban J connectivity index is 2.18. The lowest BCUT2D eigenvalue weighted by Gasteiger charge is -2.19. The highest BCUT2D eigenvalue weighted by molar-refractivity contribution is 9.09. The first kappa shape index (κ1) is 11.8. The number of amides is 2. The third-order valence-electron chi connectivity index (χ3n) is 2.23. The molecule has 5 heteroatoms. The van der Waals surface area contributed by atoms with Gasteiger partial charge in [-0.05, 0) is 12.8 Å². The van der Waals surface area contributed by atoms with Crippen LogP contribution < -0.4 is 5.32 Å². The molecule has 14 heavy (non-hydrogen) atoms. The summed E-state index contributed by atoms with van der Waals surface area (Å²) in [4.78, 5) is 13.3. The van der Waals surface area contributed by atoms with Crippen LogP contribution in [0.2, 0.25) is 0 Å². The van der Waals surface area contributed by atoms with Gasteiger partial charge in [-0.25, -0.2) is 4.79 Å². The molecule has 1 aliphatic heterocycles. The molecule has 4 nitrogen and oxygen atoms in total. The van der Waals surface area contributed by atoms with E-state index in [2.05, 4.69) is 21.2 Å². The monoisotopic (exact) mass is 264 g/mol. The summed E-state index contributed by atoms with van der Waals surface area (Å²) >= 11 is 3.34. The molecule has 0 aromatic carbocycles. The van der Waals surface area contributed by atoms with Crippen molar-refractivity contribution < 1.29 is 9.53 Å². The quantitative estimate of drug-likeness (QED) is 0.776. The van der Waals surface area contributed by atoms with E-state index in [-0.39, 0.29) is 12.1 Å². The number of urea groups is 1. The minimum atomic E-state index is 0.00134. The molecule has 1 N–H and O–H groups in total. The molecular formula is C9H17BrN2O2. The van der Waals surface area contributed by atoms with Gasteiger partial charge in [-0.1, -0.05) is 15.9 Å². The third kappa shape index (κ3) is 3.84. The Hall–Kier alpha value is -0.290. The van der Waals surface area contributed by atoms with E-state index in [0.29, 0.717) is 6.61 Å². The lowest BCUT2D eigenvalue weighted by Crippen LogP contribution is -2.43. The predicted molar refractivity (Wildman–Crippen MR) is 58.8 cm³/mol. The summed E-state index contributed by atoms with van der Waals surface area (Å²) in [5.41, 5.74) is 0. The van der Waals surface area contributed by atoms with Gasteiger partial charge in [0.15, 0.2) is 0 Å². The van der Waals surface area contributed by atoms with Crippen molar-refractivity contribution in [3.05, 3.63) is 0 Å². The fourth-order valence-corrected chi connectivity index (χ4v) is 1.58. The zero-order valence-electron chi connectivity index (χ0n) is 8.46. The van der Waals surface area contributed by atoms with Gasteiger partial charge in [-0.3, -0.25) is 0 Å². The summed E-state index contributed by atoms with van der Waals surface area (Å²) in [7, 11) is 1.81. The maximum Gasteiger partial charge on any atom is 0.317 e. The smallest absolute Gasteiger partial charge is 0.317 e. The number of nitrogens with one attached hydrogen (secondary N) is 1. The van der Waals surface area contributed by atoms with E-state index >= 15 is 0 Å². The Bertz CT molecular complexity index is 184. The first-order valence-electron chi connectivity index (χ1n) is 4.89. The standard InChI is InChI=1S/C9H17BrN2O2/c1-12(5-2-4-10)9(13)11-8-3-6-14-7-8/h8H,2-7H2,1H3,(H,11,13). The summed E-state index contributed by atoms with van der Waals surface area (Å²) < 4.78 is 5.18. The van der Waals surface area contributed by atoms with Gasteiger partial charge in [-0.15, -0.1) is 0 Å². The second kappa shape index (κ2) is 6.24. The Morgan fingerprint density at radius 3 is 3.07 bits per heavy atom. The summed E-state index contributed by atoms with van der Waals surface area (Å²) in [6, 6.07) is 0.204. The normalized spacial score (nSPS) is 20.9. The van der Waals surface area contributed by atoms with Crippen LogP contribution in [0.15, 0.2) is 0 Å². The third-order valence-corrected chi connectivity index (χ3v) is 2.79. The van der Waals surface area contributed by atoms with Crippen molar-refractivity contribution >= 4 is 22.0 Å². The minimum Gasteiger partial charge on any atom is -0.379 e. The Morgan fingerprint density at radius 2 is 2.50 bits per heavy atom. The molecule has 0 spiro atoms. The van der Waals surface area contributed by atoms with E-state index in [0.717, 1.165) is 31.3 Å². The first-order chi connectivity index (χ1) is 6.74. The van der Waals surface area contributed by atoms with Crippen LogP contribution in [0.5, 0.6) is 0 Å². The number of rotatable bonds is 4. The molecule has 1 aliphatic rings. The average molecular weight is 265 g/mol. The van der Waals surface area contributed by atoms with Crippen molar-refractivity contribution in [2.24, 2.45) is 0 Å². The highest BCUT2D eigenvalue weighted by Gasteiger charge is 2.19. The molecule has 1 atom stereocenters. The molecule has 82 valence electrons. The van der Waals surface area contributed by atoms with Gasteiger partial charge in [0.05, 0.1) is 12.6 Å². The lowest BCUT2D eigenvalue weighted by molar-refractivity contribution is 0.182. The van der Waals surface area contributed by atoms with Crippen LogP contribution in [0.1, 0.15) is 12.8 Å². The summed E-state index contributed by atoms with van der Waals surface area (Å²) in [5.74, 6) is 0. The van der Waals surface area contributed by atoms with E-state index in [1.54, 1.807) is 4.90 Å². The number of hydrogen-bond acceptors (Lipinski definition) is 2. The van der Waals surface area contributed by atoms with Crippen molar-refractivity contribution in [1.82, 2.24) is 10.2 Å². The number of alkyl halides is 1. The highest BCUT2D eigenvalue weighted by Crippen LogP contribution is 2.03. The highest BCUT2D eigenvalue weighted by atomic mass is 79.9. The largest absolute Gasteiger partial charge is 0.379 e. The predicted octanol–water partition coefficient (Wildman–Crippen LogP) is 1.20. The molecule has 0 aromatic heterocycles. The van der Waals surface area contributed by atoms with Crippen LogP contribution in [0.3, 0.4) is 0 Å². The van der Waals surface area contributed by atoms with Gasteiger partial charge in [0.25, 0.3) is 0 Å². The molecule has 0 aliphatic carbocycles. The van der Waals surface area contributed by atoms with Gasteiger partial charge in [0.1, 0.15) is 0 Å². The van der Waals surface area contributed by atoms with Crippen molar-refractivity contribution in [2.45, 2.75) is 18.9 Å². The van der Waals surface area contributed by atoms with E-state index in [9.17, 15) is 4.79 Å². The Kier molecular flexibility index (Phi) is 5.25. The Labute approximate surface area is 93.1 Å². The van der Waals surface area contributed by atoms with Crippen LogP contribution in [-0.4, -0.2) is 49.1 Å². The van der Waals surface area contributed by atoms with Crippen LogP contribution in [-0.2, 0) is 4.74 Å². The van der Waals surface area contributed by atoms with E-state index in [4.69, 9.17) is 4.74 Å². The summed E-state index contributed by atoms with van der Waals surface area (Å²) in [6.07, 6.45) is 1.91. The molecule has 1 rings (SSSR count). The van der Waals surface area contributed by atoms with E-state index in [1.165, 1.54) is 0 Å². The summed E-state index contributed by atoms with van der Waals surface area (Å²) in [6.45, 7) is 2.19. The number of carbonyl (C=O) groups excluding carboxylic acids is 1. The van der Waals surface area contributed by atoms with Crippen molar-refractivity contribution in [3.63, 3.8) is 0 Å². The van der Waals surface area contributed by atoms with Crippen LogP contribution in [0.4, 0.5) is 4.79 Å². The van der Waals surface area contributed by atoms with Crippen molar-refractivity contribution in [1.29, 1.82) is 0 Å². The SMILES string of the molecule is CN(CCCBr)C(=O)NC1CCOC1. The fourth-order valence-electron chi connectivity index (χ4n) is 1.33. The zero-order chi connectivity index (χ0) is 10.4. The van der Waals surface area contributed by atoms with Crippen LogP contribution >= 0.6 is 15.9 Å². The number of hydrogen-bond donors (Lipinski definition) is 1. The van der Waals surface area contributed by atoms with Gasteiger partial charge >= 0.3 is 6.03 Å². The molecule has 2 amide bonds. The maximum atomic E-state index is 11.5. The Morgan fingerprint density at radius 1 is 1.71 bits per heavy atom. The van der Waals surface area contributed by atoms with E-state index < -0.39 is 0 Å². The second-order valence-electron chi connectivity index (χ2n) is 3.47. The lowest BCUT2D eigenvalue weighted by atomic mass is 10.3. The fraction of sp³-hybridized carbons (Fsp3) is 0.889. The molecule has 1 heterocycles. The van der Waals surface area contributed by atoms with E-state index in [1.807, 2.05) is 7.05 Å². The molecule has 1 fully saturated rings. The van der Waals surface area contributed by atoms with Crippen LogP contribution in [0, 0.1) is 0 Å². The molecule has 0 aromatic rings. The molecule has 1 saturated heterocycles. The van der Waals surface area contributed by atoms with Gasteiger partial charge < -0.3 is 15.0 Å². The van der Waals surface area contributed by atoms with Crippen molar-refractivity contribution in [2.75, 3.05) is 32.1 Å². The zero-order valence-corrected chi connectivity index (χ0v) is 10.0. The molecule has 0 radical (unpaired) electrons. The topological polar surface area (TPSA) is 41.6 Å². The van der Waals surface area contributed by atoms with Gasteiger partial charge in [0.2, 0.25) is 0 Å². The van der Waals surface area contributed by atoms with Gasteiger partial charge in [0, 0.05) is 25.5 Å². The number of halogens is 1. The number of carbonyl (C=O) groups is 1. The van der Waals surface area contributed by atoms with Crippen molar-refractivity contribution in [3.8, 4) is 0 Å².